The maximum atomic E-state index is 10.7. The summed E-state index contributed by atoms with van der Waals surface area (Å²) in [5, 5.41) is 10.7. The number of ether oxygens (including phenoxy) is 2. The average molecular weight is 473 g/mol. The zero-order chi connectivity index (χ0) is 24.3. The maximum absolute atomic E-state index is 10.7. The zero-order valence-corrected chi connectivity index (χ0v) is 20.8. The van der Waals surface area contributed by atoms with Gasteiger partial charge < -0.3 is 14.6 Å². The van der Waals surface area contributed by atoms with Gasteiger partial charge in [0.25, 0.3) is 0 Å². The molecule has 0 bridgehead atoms. The minimum absolute atomic E-state index is 0.211. The van der Waals surface area contributed by atoms with Gasteiger partial charge in [0.1, 0.15) is 18.3 Å². The molecule has 5 heteroatoms. The van der Waals surface area contributed by atoms with Crippen molar-refractivity contribution in [2.24, 2.45) is 0 Å². The van der Waals surface area contributed by atoms with Gasteiger partial charge in [0.05, 0.1) is 6.04 Å². The average Bonchev–Trinajstić information content (AvgIpc) is 3.20. The lowest BCUT2D eigenvalue weighted by Gasteiger charge is -2.40. The van der Waals surface area contributed by atoms with Crippen LogP contribution in [0.3, 0.4) is 0 Å². The van der Waals surface area contributed by atoms with Crippen LogP contribution in [-0.2, 0) is 6.42 Å². The van der Waals surface area contributed by atoms with Gasteiger partial charge in [0.15, 0.2) is 11.5 Å². The summed E-state index contributed by atoms with van der Waals surface area (Å²) in [5.41, 5.74) is 3.60. The molecular formula is C30H36N2O3. The summed E-state index contributed by atoms with van der Waals surface area (Å²) in [6.45, 7) is 8.80. The molecule has 1 fully saturated rings. The smallest absolute Gasteiger partial charge is 0.165 e. The molecule has 0 aromatic heterocycles. The standard InChI is InChI=1S/C30H36N2O3/c1-30(2)20-25-14-9-15-27(29(25)35-30)34-22-26(33)21-31-16-18-32(19-17-31)28(23-10-5-3-6-11-23)24-12-7-4-8-13-24/h3-15,26,28,33H,16-22H2,1-2H3/t26-/m1/s1. The molecule has 0 unspecified atom stereocenters. The Morgan fingerprint density at radius 2 is 1.49 bits per heavy atom. The van der Waals surface area contributed by atoms with Crippen molar-refractivity contribution in [3.05, 3.63) is 95.6 Å². The summed E-state index contributed by atoms with van der Waals surface area (Å²) in [6.07, 6.45) is 0.324. The Bertz CT molecular complexity index is 1060. The number of aliphatic hydroxyl groups is 1. The molecule has 1 N–H and O–H groups in total. The molecule has 2 aliphatic rings. The summed E-state index contributed by atoms with van der Waals surface area (Å²) >= 11 is 0. The Labute approximate surface area is 208 Å². The highest BCUT2D eigenvalue weighted by atomic mass is 16.5. The molecule has 1 saturated heterocycles. The molecule has 184 valence electrons. The highest BCUT2D eigenvalue weighted by Crippen LogP contribution is 2.41. The molecule has 5 rings (SSSR count). The predicted octanol–water partition coefficient (Wildman–Crippen LogP) is 4.55. The van der Waals surface area contributed by atoms with Crippen LogP contribution in [-0.4, -0.2) is 65.9 Å². The largest absolute Gasteiger partial charge is 0.487 e. The van der Waals surface area contributed by atoms with Crippen molar-refractivity contribution < 1.29 is 14.6 Å². The van der Waals surface area contributed by atoms with Crippen molar-refractivity contribution in [3.63, 3.8) is 0 Å². The van der Waals surface area contributed by atoms with Gasteiger partial charge in [-0.05, 0) is 31.0 Å². The van der Waals surface area contributed by atoms with Crippen molar-refractivity contribution in [2.75, 3.05) is 39.3 Å². The minimum atomic E-state index is -0.550. The van der Waals surface area contributed by atoms with E-state index < -0.39 is 6.10 Å². The van der Waals surface area contributed by atoms with Gasteiger partial charge in [-0.1, -0.05) is 72.8 Å². The van der Waals surface area contributed by atoms with E-state index in [0.717, 1.165) is 44.1 Å². The van der Waals surface area contributed by atoms with Crippen molar-refractivity contribution in [1.29, 1.82) is 0 Å². The van der Waals surface area contributed by atoms with Crippen LogP contribution in [0.2, 0.25) is 0 Å². The van der Waals surface area contributed by atoms with Crippen LogP contribution < -0.4 is 9.47 Å². The highest BCUT2D eigenvalue weighted by molar-refractivity contribution is 5.50. The molecule has 0 spiro atoms. The van der Waals surface area contributed by atoms with Gasteiger partial charge in [-0.15, -0.1) is 0 Å². The van der Waals surface area contributed by atoms with Gasteiger partial charge in [0, 0.05) is 44.7 Å². The molecule has 0 saturated carbocycles. The van der Waals surface area contributed by atoms with Crippen LogP contribution in [0.4, 0.5) is 0 Å². The first kappa shape index (κ1) is 23.9. The Hall–Kier alpha value is -2.86. The highest BCUT2D eigenvalue weighted by Gasteiger charge is 2.32. The molecule has 5 nitrogen and oxygen atoms in total. The van der Waals surface area contributed by atoms with Crippen LogP contribution in [0.25, 0.3) is 0 Å². The normalized spacial score (nSPS) is 18.7. The first-order valence-corrected chi connectivity index (χ1v) is 12.7. The quantitative estimate of drug-likeness (QED) is 0.521. The van der Waals surface area contributed by atoms with Crippen LogP contribution in [0.15, 0.2) is 78.9 Å². The van der Waals surface area contributed by atoms with Crippen molar-refractivity contribution >= 4 is 0 Å². The molecule has 3 aromatic rings. The van der Waals surface area contributed by atoms with Crippen LogP contribution >= 0.6 is 0 Å². The number of hydrogen-bond acceptors (Lipinski definition) is 5. The van der Waals surface area contributed by atoms with Crippen molar-refractivity contribution in [1.82, 2.24) is 9.80 Å². The number of rotatable bonds is 8. The Morgan fingerprint density at radius 3 is 2.11 bits per heavy atom. The van der Waals surface area contributed by atoms with E-state index in [0.29, 0.717) is 6.54 Å². The topological polar surface area (TPSA) is 45.2 Å². The van der Waals surface area contributed by atoms with Gasteiger partial charge in [-0.3, -0.25) is 9.80 Å². The lowest BCUT2D eigenvalue weighted by atomic mass is 9.96. The summed E-state index contributed by atoms with van der Waals surface area (Å²) in [5.74, 6) is 1.55. The summed E-state index contributed by atoms with van der Waals surface area (Å²) in [6, 6.07) is 27.8. The maximum Gasteiger partial charge on any atom is 0.165 e. The first-order valence-electron chi connectivity index (χ1n) is 12.7. The van der Waals surface area contributed by atoms with Crippen LogP contribution in [0.1, 0.15) is 36.6 Å². The van der Waals surface area contributed by atoms with E-state index in [1.807, 2.05) is 12.1 Å². The molecular weight excluding hydrogens is 436 g/mol. The van der Waals surface area contributed by atoms with E-state index in [4.69, 9.17) is 9.47 Å². The molecule has 0 amide bonds. The SMILES string of the molecule is CC1(C)Cc2cccc(OC[C@H](O)CN3CCN(C(c4ccccc4)c4ccccc4)CC3)c2O1. The molecule has 1 atom stereocenters. The number of benzene rings is 3. The lowest BCUT2D eigenvalue weighted by molar-refractivity contribution is 0.0387. The molecule has 3 aromatic carbocycles. The van der Waals surface area contributed by atoms with Crippen LogP contribution in [0, 0.1) is 0 Å². The Balaban J connectivity index is 1.16. The first-order chi connectivity index (χ1) is 17.0. The van der Waals surface area contributed by atoms with E-state index in [9.17, 15) is 5.11 Å². The summed E-state index contributed by atoms with van der Waals surface area (Å²) in [4.78, 5) is 4.89. The fraction of sp³-hybridized carbons (Fsp3) is 0.400. The molecule has 0 aliphatic carbocycles. The monoisotopic (exact) mass is 472 g/mol. The van der Waals surface area contributed by atoms with Gasteiger partial charge in [0.2, 0.25) is 0 Å². The number of β-amino-alcohol motifs (C(OH)–C–C–N with tert-alkyl or cyclic N) is 1. The molecule has 35 heavy (non-hydrogen) atoms. The fourth-order valence-electron chi connectivity index (χ4n) is 5.33. The molecule has 2 heterocycles. The van der Waals surface area contributed by atoms with Crippen molar-refractivity contribution in [3.8, 4) is 11.5 Å². The third kappa shape index (κ3) is 5.69. The van der Waals surface area contributed by atoms with E-state index in [-0.39, 0.29) is 18.2 Å². The Kier molecular flexibility index (Phi) is 7.09. The number of fused-ring (bicyclic) bond motifs is 1. The number of hydrogen-bond donors (Lipinski definition) is 1. The second-order valence-corrected chi connectivity index (χ2v) is 10.3. The zero-order valence-electron chi connectivity index (χ0n) is 20.8. The summed E-state index contributed by atoms with van der Waals surface area (Å²) < 4.78 is 12.1. The van der Waals surface area contributed by atoms with E-state index in [2.05, 4.69) is 90.4 Å². The molecule has 2 aliphatic heterocycles. The lowest BCUT2D eigenvalue weighted by Crippen LogP contribution is -2.50. The third-order valence-corrected chi connectivity index (χ3v) is 6.96. The van der Waals surface area contributed by atoms with Gasteiger partial charge in [-0.2, -0.15) is 0 Å². The minimum Gasteiger partial charge on any atom is -0.487 e. The Morgan fingerprint density at radius 1 is 0.857 bits per heavy atom. The number of para-hydroxylation sites is 1. The van der Waals surface area contributed by atoms with Gasteiger partial charge in [-0.25, -0.2) is 0 Å². The number of nitrogens with zero attached hydrogens (tertiary/aromatic N) is 2. The second-order valence-electron chi connectivity index (χ2n) is 10.3. The summed E-state index contributed by atoms with van der Waals surface area (Å²) in [7, 11) is 0. The van der Waals surface area contributed by atoms with Crippen molar-refractivity contribution in [2.45, 2.75) is 38.0 Å². The predicted molar refractivity (Wildman–Crippen MR) is 139 cm³/mol. The number of aliphatic hydroxyl groups excluding tert-OH is 1. The number of piperazine rings is 1. The fourth-order valence-corrected chi connectivity index (χ4v) is 5.33. The van der Waals surface area contributed by atoms with E-state index >= 15 is 0 Å². The molecule has 0 radical (unpaired) electrons. The van der Waals surface area contributed by atoms with Crippen LogP contribution in [0.5, 0.6) is 11.5 Å². The van der Waals surface area contributed by atoms with E-state index in [1.54, 1.807) is 0 Å². The second kappa shape index (κ2) is 10.4. The van der Waals surface area contributed by atoms with Gasteiger partial charge >= 0.3 is 0 Å². The van der Waals surface area contributed by atoms with E-state index in [1.165, 1.54) is 16.7 Å². The third-order valence-electron chi connectivity index (χ3n) is 6.96.